The van der Waals surface area contributed by atoms with Gasteiger partial charge in [0.25, 0.3) is 0 Å². The average Bonchev–Trinajstić information content (AvgIpc) is 3.29. The van der Waals surface area contributed by atoms with E-state index in [2.05, 4.69) is 20.9 Å². The van der Waals surface area contributed by atoms with Gasteiger partial charge in [-0.1, -0.05) is 48.5 Å². The molecule has 3 aromatic rings. The van der Waals surface area contributed by atoms with Gasteiger partial charge in [-0.2, -0.15) is 0 Å². The number of fused-ring (bicyclic) bond motifs is 1. The van der Waals surface area contributed by atoms with E-state index < -0.39 is 54.0 Å². The molecule has 0 radical (unpaired) electrons. The molecule has 38 heavy (non-hydrogen) atoms. The maximum Gasteiger partial charge on any atom is 0.326 e. The number of carbonyl (C=O) groups is 4. The third kappa shape index (κ3) is 7.40. The molecule has 1 aromatic heterocycles. The summed E-state index contributed by atoms with van der Waals surface area (Å²) in [7, 11) is 0. The highest BCUT2D eigenvalue weighted by Crippen LogP contribution is 2.19. The minimum atomic E-state index is -1.37. The first kappa shape index (κ1) is 28.4. The van der Waals surface area contributed by atoms with E-state index in [9.17, 15) is 29.4 Å². The Hall–Kier alpha value is -4.22. The quantitative estimate of drug-likeness (QED) is 0.177. The fourth-order valence-electron chi connectivity index (χ4n) is 4.00. The molecule has 11 nitrogen and oxygen atoms in total. The molecule has 2 aromatic carbocycles. The van der Waals surface area contributed by atoms with Crippen LogP contribution in [0.1, 0.15) is 25.0 Å². The lowest BCUT2D eigenvalue weighted by Gasteiger charge is -2.26. The lowest BCUT2D eigenvalue weighted by molar-refractivity contribution is -0.142. The Morgan fingerprint density at radius 1 is 0.842 bits per heavy atom. The number of aliphatic hydroxyl groups is 1. The molecular formula is C27H33N5O6. The van der Waals surface area contributed by atoms with Crippen molar-refractivity contribution in [3.8, 4) is 0 Å². The Morgan fingerprint density at radius 3 is 2.11 bits per heavy atom. The van der Waals surface area contributed by atoms with Crippen molar-refractivity contribution < 1.29 is 29.4 Å². The van der Waals surface area contributed by atoms with Crippen LogP contribution in [-0.4, -0.2) is 69.2 Å². The second-order valence-electron chi connectivity index (χ2n) is 9.23. The lowest BCUT2D eigenvalue weighted by Crippen LogP contribution is -2.60. The number of amides is 3. The predicted octanol–water partition coefficient (Wildman–Crippen LogP) is 0.220. The van der Waals surface area contributed by atoms with Gasteiger partial charge in [0.2, 0.25) is 17.7 Å². The van der Waals surface area contributed by atoms with Gasteiger partial charge in [0.05, 0.1) is 12.1 Å². The Morgan fingerprint density at radius 2 is 1.47 bits per heavy atom. The number of nitrogens with two attached hydrogens (primary N) is 1. The molecule has 0 aliphatic rings. The van der Waals surface area contributed by atoms with Gasteiger partial charge < -0.3 is 36.9 Å². The minimum Gasteiger partial charge on any atom is -0.480 e. The van der Waals surface area contributed by atoms with E-state index >= 15 is 0 Å². The zero-order valence-corrected chi connectivity index (χ0v) is 21.2. The molecule has 0 spiro atoms. The third-order valence-electron chi connectivity index (χ3n) is 6.11. The van der Waals surface area contributed by atoms with Gasteiger partial charge in [-0.25, -0.2) is 4.79 Å². The number of rotatable bonds is 12. The zero-order valence-electron chi connectivity index (χ0n) is 21.2. The average molecular weight is 524 g/mol. The highest BCUT2D eigenvalue weighted by atomic mass is 16.4. The number of aliphatic hydroxyl groups excluding tert-OH is 1. The molecule has 202 valence electrons. The summed E-state index contributed by atoms with van der Waals surface area (Å²) >= 11 is 0. The van der Waals surface area contributed by atoms with Crippen LogP contribution < -0.4 is 21.7 Å². The predicted molar refractivity (Wildman–Crippen MR) is 141 cm³/mol. The molecule has 0 fully saturated rings. The molecule has 5 unspecified atom stereocenters. The monoisotopic (exact) mass is 523 g/mol. The molecule has 1 heterocycles. The summed E-state index contributed by atoms with van der Waals surface area (Å²) in [5.74, 6) is -3.43. The topological polar surface area (TPSA) is 187 Å². The number of aromatic nitrogens is 1. The highest BCUT2D eigenvalue weighted by molar-refractivity contribution is 5.94. The molecule has 0 bridgehead atoms. The van der Waals surface area contributed by atoms with Crippen LogP contribution in [-0.2, 0) is 32.0 Å². The SMILES string of the molecule is CC(N)C(=O)NC(C(=O)NC(Cc1ccccc1)C(=O)NC(Cc1c[nH]c2ccccc12)C(=O)O)C(C)O. The number of hydrogen-bond donors (Lipinski definition) is 7. The maximum atomic E-state index is 13.3. The molecule has 0 saturated heterocycles. The van der Waals surface area contributed by atoms with Gasteiger partial charge in [-0.15, -0.1) is 0 Å². The van der Waals surface area contributed by atoms with Gasteiger partial charge in [0.1, 0.15) is 18.1 Å². The van der Waals surface area contributed by atoms with Crippen molar-refractivity contribution in [2.45, 2.75) is 57.0 Å². The van der Waals surface area contributed by atoms with E-state index in [0.717, 1.165) is 10.9 Å². The lowest BCUT2D eigenvalue weighted by atomic mass is 10.0. The summed E-state index contributed by atoms with van der Waals surface area (Å²) in [6.07, 6.45) is 0.472. The van der Waals surface area contributed by atoms with Crippen LogP contribution in [0.15, 0.2) is 60.8 Å². The molecular weight excluding hydrogens is 490 g/mol. The van der Waals surface area contributed by atoms with Crippen LogP contribution in [0.5, 0.6) is 0 Å². The van der Waals surface area contributed by atoms with Gasteiger partial charge in [0.15, 0.2) is 0 Å². The fraction of sp³-hybridized carbons (Fsp3) is 0.333. The molecule has 5 atom stereocenters. The third-order valence-corrected chi connectivity index (χ3v) is 6.11. The van der Waals surface area contributed by atoms with Gasteiger partial charge in [-0.3, -0.25) is 14.4 Å². The van der Waals surface area contributed by atoms with Crippen molar-refractivity contribution >= 4 is 34.6 Å². The van der Waals surface area contributed by atoms with Crippen molar-refractivity contribution in [3.05, 3.63) is 71.9 Å². The molecule has 3 rings (SSSR count). The Bertz CT molecular complexity index is 1270. The van der Waals surface area contributed by atoms with Crippen LogP contribution in [0.2, 0.25) is 0 Å². The Kier molecular flexibility index (Phi) is 9.58. The van der Waals surface area contributed by atoms with Crippen molar-refractivity contribution in [2.75, 3.05) is 0 Å². The van der Waals surface area contributed by atoms with Crippen molar-refractivity contribution in [1.82, 2.24) is 20.9 Å². The normalized spacial score (nSPS) is 15.1. The Balaban J connectivity index is 1.81. The summed E-state index contributed by atoms with van der Waals surface area (Å²) in [4.78, 5) is 53.6. The Labute approximate surface area is 219 Å². The first-order valence-corrected chi connectivity index (χ1v) is 12.2. The number of benzene rings is 2. The van der Waals surface area contributed by atoms with E-state index in [-0.39, 0.29) is 12.8 Å². The van der Waals surface area contributed by atoms with Crippen LogP contribution in [0.25, 0.3) is 10.9 Å². The zero-order chi connectivity index (χ0) is 27.8. The smallest absolute Gasteiger partial charge is 0.326 e. The first-order valence-electron chi connectivity index (χ1n) is 12.2. The summed E-state index contributed by atoms with van der Waals surface area (Å²) in [6.45, 7) is 2.75. The largest absolute Gasteiger partial charge is 0.480 e. The molecule has 0 aliphatic heterocycles. The van der Waals surface area contributed by atoms with Crippen molar-refractivity contribution in [1.29, 1.82) is 0 Å². The van der Waals surface area contributed by atoms with Crippen molar-refractivity contribution in [3.63, 3.8) is 0 Å². The number of hydrogen-bond acceptors (Lipinski definition) is 6. The van der Waals surface area contributed by atoms with Crippen molar-refractivity contribution in [2.24, 2.45) is 5.73 Å². The van der Waals surface area contributed by atoms with Crippen LogP contribution in [0, 0.1) is 0 Å². The maximum absolute atomic E-state index is 13.3. The summed E-state index contributed by atoms with van der Waals surface area (Å²) < 4.78 is 0. The molecule has 0 saturated carbocycles. The van der Waals surface area contributed by atoms with E-state index in [4.69, 9.17) is 5.73 Å². The first-order chi connectivity index (χ1) is 18.1. The second-order valence-corrected chi connectivity index (χ2v) is 9.23. The van der Waals surface area contributed by atoms with E-state index in [1.807, 2.05) is 24.3 Å². The van der Waals surface area contributed by atoms with Gasteiger partial charge >= 0.3 is 5.97 Å². The molecule has 3 amide bonds. The van der Waals surface area contributed by atoms with Gasteiger partial charge in [0, 0.05) is 29.9 Å². The van der Waals surface area contributed by atoms with Crippen LogP contribution in [0.3, 0.4) is 0 Å². The molecule has 0 aliphatic carbocycles. The van der Waals surface area contributed by atoms with E-state index in [1.165, 1.54) is 13.8 Å². The number of nitrogens with one attached hydrogen (secondary N) is 4. The number of H-pyrrole nitrogens is 1. The summed E-state index contributed by atoms with van der Waals surface area (Å²) in [5, 5.41) is 28.3. The number of carboxylic acids is 1. The van der Waals surface area contributed by atoms with Gasteiger partial charge in [-0.05, 0) is 31.0 Å². The number of carbonyl (C=O) groups excluding carboxylic acids is 3. The number of aromatic amines is 1. The summed E-state index contributed by atoms with van der Waals surface area (Å²) in [6, 6.07) is 11.5. The molecule has 11 heteroatoms. The fourth-order valence-corrected chi connectivity index (χ4v) is 4.00. The second kappa shape index (κ2) is 12.8. The van der Waals surface area contributed by atoms with Crippen LogP contribution in [0.4, 0.5) is 0 Å². The van der Waals surface area contributed by atoms with Crippen LogP contribution >= 0.6 is 0 Å². The van der Waals surface area contributed by atoms with E-state index in [1.54, 1.807) is 36.5 Å². The molecule has 8 N–H and O–H groups in total. The summed E-state index contributed by atoms with van der Waals surface area (Å²) in [5.41, 5.74) is 7.83. The highest BCUT2D eigenvalue weighted by Gasteiger charge is 2.32. The number of aliphatic carboxylic acids is 1. The standard InChI is InChI=1S/C27H33N5O6/c1-15(28)24(34)32-23(16(2)33)26(36)30-21(12-17-8-4-3-5-9-17)25(35)31-22(27(37)38)13-18-14-29-20-11-7-6-10-19(18)20/h3-11,14-16,21-23,29,33H,12-13,28H2,1-2H3,(H,30,36)(H,31,35)(H,32,34)(H,37,38). The number of para-hydroxylation sites is 1. The van der Waals surface area contributed by atoms with E-state index in [0.29, 0.717) is 11.1 Å². The number of carboxylic acid groups (broad SMARTS) is 1. The minimum absolute atomic E-state index is 0.0117.